The summed E-state index contributed by atoms with van der Waals surface area (Å²) in [6, 6.07) is 7.99. The van der Waals surface area contributed by atoms with Crippen LogP contribution in [0.2, 0.25) is 0 Å². The zero-order valence-electron chi connectivity index (χ0n) is 12.3. The van der Waals surface area contributed by atoms with Crippen LogP contribution in [-0.2, 0) is 11.2 Å². The number of rotatable bonds is 4. The molecule has 1 aliphatic rings. The lowest BCUT2D eigenvalue weighted by molar-refractivity contribution is -0.128. The first-order chi connectivity index (χ1) is 9.41. The normalized spacial score (nSPS) is 19.1. The fraction of sp³-hybridized carbons (Fsp3) is 0.562. The van der Waals surface area contributed by atoms with Crippen molar-refractivity contribution < 1.29 is 9.53 Å². The van der Waals surface area contributed by atoms with Gasteiger partial charge in [-0.05, 0) is 23.5 Å². The Bertz CT molecular complexity index is 457. The number of hydrogen-bond acceptors (Lipinski definition) is 2. The summed E-state index contributed by atoms with van der Waals surface area (Å²) in [7, 11) is 0. The van der Waals surface area contributed by atoms with E-state index < -0.39 is 6.10 Å². The van der Waals surface area contributed by atoms with Gasteiger partial charge >= 0.3 is 0 Å². The molecule has 20 heavy (non-hydrogen) atoms. The maximum Gasteiger partial charge on any atom is 0.261 e. The van der Waals surface area contributed by atoms with Crippen LogP contribution in [-0.4, -0.2) is 23.4 Å². The van der Waals surface area contributed by atoms with Crippen LogP contribution in [0.25, 0.3) is 0 Å². The molecule has 1 aromatic carbocycles. The molecule has 0 radical (unpaired) electrons. The number of nitrogens with one attached hydrogen (secondary N) is 1. The number of amides is 1. The first kappa shape index (κ1) is 15.4. The van der Waals surface area contributed by atoms with Crippen LogP contribution >= 0.6 is 15.9 Å². The Morgan fingerprint density at radius 3 is 2.75 bits per heavy atom. The molecule has 2 unspecified atom stereocenters. The van der Waals surface area contributed by atoms with Crippen LogP contribution < -0.4 is 10.1 Å². The molecule has 110 valence electrons. The van der Waals surface area contributed by atoms with Crippen molar-refractivity contribution in [3.05, 3.63) is 29.8 Å². The molecule has 1 heterocycles. The van der Waals surface area contributed by atoms with Crippen LogP contribution in [0, 0.1) is 5.41 Å². The lowest BCUT2D eigenvalue weighted by Crippen LogP contribution is -2.48. The zero-order valence-corrected chi connectivity index (χ0v) is 13.9. The number of halogens is 1. The number of ether oxygens (including phenoxy) is 1. The van der Waals surface area contributed by atoms with Crippen molar-refractivity contribution in [1.82, 2.24) is 5.32 Å². The maximum atomic E-state index is 12.4. The molecule has 0 aliphatic carbocycles. The smallest absolute Gasteiger partial charge is 0.261 e. The minimum atomic E-state index is -0.396. The van der Waals surface area contributed by atoms with Gasteiger partial charge in [-0.3, -0.25) is 4.79 Å². The third kappa shape index (κ3) is 3.54. The Morgan fingerprint density at radius 2 is 2.15 bits per heavy atom. The SMILES string of the molecule is CC(C)(C)C(CCBr)NC(=O)C1Cc2ccccc2O1. The summed E-state index contributed by atoms with van der Waals surface area (Å²) < 4.78 is 5.74. The Hall–Kier alpha value is -1.03. The molecule has 1 N–H and O–H groups in total. The number of alkyl halides is 1. The number of hydrogen-bond donors (Lipinski definition) is 1. The van der Waals surface area contributed by atoms with E-state index in [1.165, 1.54) is 0 Å². The van der Waals surface area contributed by atoms with Crippen molar-refractivity contribution in [2.24, 2.45) is 5.41 Å². The summed E-state index contributed by atoms with van der Waals surface area (Å²) in [5.74, 6) is 0.822. The average molecular weight is 340 g/mol. The van der Waals surface area contributed by atoms with E-state index in [1.807, 2.05) is 24.3 Å². The Morgan fingerprint density at radius 1 is 1.45 bits per heavy atom. The topological polar surface area (TPSA) is 38.3 Å². The van der Waals surface area contributed by atoms with Crippen LogP contribution in [0.4, 0.5) is 0 Å². The van der Waals surface area contributed by atoms with Crippen molar-refractivity contribution >= 4 is 21.8 Å². The molecule has 0 saturated heterocycles. The van der Waals surface area contributed by atoms with Gasteiger partial charge in [0.2, 0.25) is 0 Å². The van der Waals surface area contributed by atoms with Crippen molar-refractivity contribution in [2.45, 2.75) is 45.8 Å². The Labute approximate surface area is 129 Å². The van der Waals surface area contributed by atoms with Gasteiger partial charge in [0.25, 0.3) is 5.91 Å². The standard InChI is InChI=1S/C16H22BrNO2/c1-16(2,3)14(8-9-17)18-15(19)13-10-11-6-4-5-7-12(11)20-13/h4-7,13-14H,8-10H2,1-3H3,(H,18,19). The third-order valence-electron chi connectivity index (χ3n) is 3.70. The molecule has 0 fully saturated rings. The summed E-state index contributed by atoms with van der Waals surface area (Å²) >= 11 is 3.46. The van der Waals surface area contributed by atoms with Gasteiger partial charge in [0.15, 0.2) is 6.10 Å². The molecule has 0 saturated carbocycles. The lowest BCUT2D eigenvalue weighted by Gasteiger charge is -2.31. The van der Waals surface area contributed by atoms with Gasteiger partial charge in [0.05, 0.1) is 0 Å². The summed E-state index contributed by atoms with van der Waals surface area (Å²) in [6.07, 6.45) is 1.18. The molecular weight excluding hydrogens is 318 g/mol. The first-order valence-electron chi connectivity index (χ1n) is 7.02. The van der Waals surface area contributed by atoms with Gasteiger partial charge < -0.3 is 10.1 Å². The van der Waals surface area contributed by atoms with E-state index in [-0.39, 0.29) is 17.4 Å². The monoisotopic (exact) mass is 339 g/mol. The van der Waals surface area contributed by atoms with Crippen molar-refractivity contribution in [1.29, 1.82) is 0 Å². The van der Waals surface area contributed by atoms with E-state index in [4.69, 9.17) is 4.74 Å². The predicted molar refractivity (Wildman–Crippen MR) is 84.4 cm³/mol. The number of carbonyl (C=O) groups excluding carboxylic acids is 1. The van der Waals surface area contributed by atoms with Gasteiger partial charge in [-0.1, -0.05) is 54.9 Å². The van der Waals surface area contributed by atoms with Crippen molar-refractivity contribution in [2.75, 3.05) is 5.33 Å². The highest BCUT2D eigenvalue weighted by atomic mass is 79.9. The minimum Gasteiger partial charge on any atom is -0.480 e. The van der Waals surface area contributed by atoms with Gasteiger partial charge in [0, 0.05) is 17.8 Å². The van der Waals surface area contributed by atoms with E-state index in [0.717, 1.165) is 23.1 Å². The lowest BCUT2D eigenvalue weighted by atomic mass is 9.85. The highest BCUT2D eigenvalue weighted by Gasteiger charge is 2.32. The second kappa shape index (κ2) is 6.17. The molecule has 4 heteroatoms. The van der Waals surface area contributed by atoms with E-state index in [9.17, 15) is 4.79 Å². The largest absolute Gasteiger partial charge is 0.480 e. The molecule has 1 aromatic rings. The Kier molecular flexibility index (Phi) is 4.74. The molecule has 2 atom stereocenters. The molecule has 0 spiro atoms. The summed E-state index contributed by atoms with van der Waals surface area (Å²) in [5.41, 5.74) is 1.15. The highest BCUT2D eigenvalue weighted by Crippen LogP contribution is 2.29. The quantitative estimate of drug-likeness (QED) is 0.854. The summed E-state index contributed by atoms with van der Waals surface area (Å²) in [4.78, 5) is 12.4. The molecule has 2 rings (SSSR count). The summed E-state index contributed by atoms with van der Waals surface area (Å²) in [5, 5.41) is 4.02. The zero-order chi connectivity index (χ0) is 14.8. The van der Waals surface area contributed by atoms with Crippen molar-refractivity contribution in [3.63, 3.8) is 0 Å². The van der Waals surface area contributed by atoms with Crippen LogP contribution in [0.1, 0.15) is 32.8 Å². The van der Waals surface area contributed by atoms with Gasteiger partial charge in [-0.2, -0.15) is 0 Å². The molecule has 0 aromatic heterocycles. The fourth-order valence-electron chi connectivity index (χ4n) is 2.42. The summed E-state index contributed by atoms with van der Waals surface area (Å²) in [6.45, 7) is 6.43. The van der Waals surface area contributed by atoms with Crippen molar-refractivity contribution in [3.8, 4) is 5.75 Å². The maximum absolute atomic E-state index is 12.4. The van der Waals surface area contributed by atoms with E-state index in [2.05, 4.69) is 42.0 Å². The molecule has 1 aliphatic heterocycles. The van der Waals surface area contributed by atoms with E-state index >= 15 is 0 Å². The van der Waals surface area contributed by atoms with Gasteiger partial charge in [-0.25, -0.2) is 0 Å². The predicted octanol–water partition coefficient (Wildman–Crippen LogP) is 3.31. The van der Waals surface area contributed by atoms with Gasteiger partial charge in [0.1, 0.15) is 5.75 Å². The van der Waals surface area contributed by atoms with E-state index in [1.54, 1.807) is 0 Å². The molecule has 1 amide bonds. The third-order valence-corrected chi connectivity index (χ3v) is 4.16. The number of benzene rings is 1. The average Bonchev–Trinajstić information content (AvgIpc) is 2.80. The highest BCUT2D eigenvalue weighted by molar-refractivity contribution is 9.09. The molecule has 3 nitrogen and oxygen atoms in total. The van der Waals surface area contributed by atoms with Gasteiger partial charge in [-0.15, -0.1) is 0 Å². The number of fused-ring (bicyclic) bond motifs is 1. The number of carbonyl (C=O) groups is 1. The van der Waals surface area contributed by atoms with E-state index in [0.29, 0.717) is 6.42 Å². The number of para-hydroxylation sites is 1. The van der Waals surface area contributed by atoms with Crippen LogP contribution in [0.3, 0.4) is 0 Å². The minimum absolute atomic E-state index is 0.0120. The van der Waals surface area contributed by atoms with Crippen LogP contribution in [0.15, 0.2) is 24.3 Å². The molecular formula is C16H22BrNO2. The second-order valence-electron chi connectivity index (χ2n) is 6.32. The fourth-order valence-corrected chi connectivity index (χ4v) is 2.88. The second-order valence-corrected chi connectivity index (χ2v) is 7.12. The first-order valence-corrected chi connectivity index (χ1v) is 8.15. The van der Waals surface area contributed by atoms with Crippen LogP contribution in [0.5, 0.6) is 5.75 Å². The Balaban J connectivity index is 1.99. The molecule has 0 bridgehead atoms.